The van der Waals surface area contributed by atoms with Crippen LogP contribution in [0.1, 0.15) is 44.0 Å². The summed E-state index contributed by atoms with van der Waals surface area (Å²) in [6.45, 7) is 13.7. The van der Waals surface area contributed by atoms with Crippen LogP contribution in [0.4, 0.5) is 5.69 Å². The van der Waals surface area contributed by atoms with Gasteiger partial charge in [0.1, 0.15) is 0 Å². The van der Waals surface area contributed by atoms with Crippen molar-refractivity contribution in [2.24, 2.45) is 0 Å². The summed E-state index contributed by atoms with van der Waals surface area (Å²) < 4.78 is 5.52. The average molecular weight is 460 g/mol. The van der Waals surface area contributed by atoms with Crippen molar-refractivity contribution in [1.29, 1.82) is 0 Å². The highest BCUT2D eigenvalue weighted by Gasteiger charge is 2.27. The number of anilines is 1. The lowest BCUT2D eigenvalue weighted by atomic mass is 10.0. The van der Waals surface area contributed by atoms with Gasteiger partial charge in [0.05, 0.1) is 18.9 Å². The van der Waals surface area contributed by atoms with Crippen LogP contribution < -0.4 is 4.90 Å². The number of nitrogens with one attached hydrogen (secondary N) is 1. The first-order valence-corrected chi connectivity index (χ1v) is 13.1. The van der Waals surface area contributed by atoms with Gasteiger partial charge < -0.3 is 14.6 Å². The van der Waals surface area contributed by atoms with Crippen molar-refractivity contribution in [3.8, 4) is 11.3 Å². The minimum absolute atomic E-state index is 0.630. The number of nitrogens with zero attached hydrogens (tertiary/aromatic N) is 4. The first kappa shape index (κ1) is 22.1. The SMILES string of the molecule is CC(C)N1CCN(c2ccc(-c3nc(C4CC4)cc4[nH]c(CN5CCOCC5)cc34)cc2)CC1. The van der Waals surface area contributed by atoms with E-state index in [0.717, 1.165) is 64.7 Å². The predicted molar refractivity (Wildman–Crippen MR) is 139 cm³/mol. The number of morpholine rings is 1. The van der Waals surface area contributed by atoms with Crippen LogP contribution in [0, 0.1) is 0 Å². The highest BCUT2D eigenvalue weighted by Crippen LogP contribution is 2.41. The molecule has 1 saturated carbocycles. The summed E-state index contributed by atoms with van der Waals surface area (Å²) >= 11 is 0. The molecule has 2 aromatic heterocycles. The summed E-state index contributed by atoms with van der Waals surface area (Å²) in [5, 5.41) is 1.24. The Morgan fingerprint density at radius 1 is 0.971 bits per heavy atom. The second-order valence-electron chi connectivity index (χ2n) is 10.5. The van der Waals surface area contributed by atoms with Gasteiger partial charge in [-0.1, -0.05) is 12.1 Å². The van der Waals surface area contributed by atoms with E-state index in [4.69, 9.17) is 9.72 Å². The van der Waals surface area contributed by atoms with Gasteiger partial charge in [-0.15, -0.1) is 0 Å². The molecule has 3 aliphatic rings. The molecule has 3 fully saturated rings. The first-order chi connectivity index (χ1) is 16.6. The summed E-state index contributed by atoms with van der Waals surface area (Å²) in [4.78, 5) is 16.5. The number of aromatic nitrogens is 2. The van der Waals surface area contributed by atoms with Crippen molar-refractivity contribution in [3.05, 3.63) is 47.8 Å². The fraction of sp³-hybridized carbons (Fsp3) is 0.536. The van der Waals surface area contributed by atoms with Gasteiger partial charge in [0.2, 0.25) is 0 Å². The number of benzene rings is 1. The molecule has 180 valence electrons. The summed E-state index contributed by atoms with van der Waals surface area (Å²) in [5.74, 6) is 0.630. The highest BCUT2D eigenvalue weighted by atomic mass is 16.5. The topological polar surface area (TPSA) is 47.6 Å². The van der Waals surface area contributed by atoms with Crippen LogP contribution in [0.3, 0.4) is 0 Å². The zero-order chi connectivity index (χ0) is 23.1. The maximum atomic E-state index is 5.52. The van der Waals surface area contributed by atoms with E-state index >= 15 is 0 Å². The van der Waals surface area contributed by atoms with Crippen LogP contribution in [0.25, 0.3) is 22.2 Å². The second-order valence-corrected chi connectivity index (χ2v) is 10.5. The fourth-order valence-electron chi connectivity index (χ4n) is 5.43. The van der Waals surface area contributed by atoms with Crippen LogP contribution in [0.2, 0.25) is 0 Å². The molecule has 0 amide bonds. The monoisotopic (exact) mass is 459 g/mol. The van der Waals surface area contributed by atoms with Gasteiger partial charge in [0, 0.05) is 91.3 Å². The number of pyridine rings is 1. The van der Waals surface area contributed by atoms with Crippen LogP contribution in [-0.2, 0) is 11.3 Å². The van der Waals surface area contributed by atoms with E-state index in [1.54, 1.807) is 0 Å². The molecule has 0 bridgehead atoms. The van der Waals surface area contributed by atoms with Crippen molar-refractivity contribution in [2.75, 3.05) is 57.4 Å². The van der Waals surface area contributed by atoms with Gasteiger partial charge in [-0.2, -0.15) is 0 Å². The van der Waals surface area contributed by atoms with Crippen molar-refractivity contribution >= 4 is 16.6 Å². The Morgan fingerprint density at radius 3 is 2.38 bits per heavy atom. The molecule has 2 aliphatic heterocycles. The van der Waals surface area contributed by atoms with E-state index in [1.165, 1.54) is 46.4 Å². The third kappa shape index (κ3) is 4.59. The number of aromatic amines is 1. The molecule has 6 heteroatoms. The molecule has 0 atom stereocenters. The van der Waals surface area contributed by atoms with E-state index in [2.05, 4.69) is 69.9 Å². The maximum absolute atomic E-state index is 5.52. The van der Waals surface area contributed by atoms with Gasteiger partial charge in [0.25, 0.3) is 0 Å². The zero-order valence-electron chi connectivity index (χ0n) is 20.6. The molecular formula is C28H37N5O. The largest absolute Gasteiger partial charge is 0.379 e. The molecule has 1 aromatic carbocycles. The standard InChI is InChI=1S/C28H37N5O/c1-20(2)32-9-11-33(12-10-32)24-7-5-22(6-8-24)28-25-17-23(19-31-13-15-34-16-14-31)29-27(25)18-26(30-28)21-3-4-21/h5-8,17-18,20-21,29H,3-4,9-16,19H2,1-2H3. The summed E-state index contributed by atoms with van der Waals surface area (Å²) in [6.07, 6.45) is 2.53. The van der Waals surface area contributed by atoms with Crippen LogP contribution in [0.5, 0.6) is 0 Å². The summed E-state index contributed by atoms with van der Waals surface area (Å²) in [7, 11) is 0. The van der Waals surface area contributed by atoms with Gasteiger partial charge in [0.15, 0.2) is 0 Å². The van der Waals surface area contributed by atoms with Gasteiger partial charge >= 0.3 is 0 Å². The Balaban J connectivity index is 1.27. The minimum atomic E-state index is 0.630. The molecule has 0 radical (unpaired) electrons. The third-order valence-corrected chi connectivity index (χ3v) is 7.74. The Morgan fingerprint density at radius 2 is 1.71 bits per heavy atom. The van der Waals surface area contributed by atoms with Crippen molar-refractivity contribution < 1.29 is 4.74 Å². The molecule has 0 spiro atoms. The number of piperazine rings is 1. The smallest absolute Gasteiger partial charge is 0.0799 e. The number of fused-ring (bicyclic) bond motifs is 1. The Hall–Kier alpha value is -2.41. The molecule has 6 rings (SSSR count). The number of hydrogen-bond donors (Lipinski definition) is 1. The average Bonchev–Trinajstić information content (AvgIpc) is 3.64. The highest BCUT2D eigenvalue weighted by molar-refractivity contribution is 5.94. The van der Waals surface area contributed by atoms with E-state index in [-0.39, 0.29) is 0 Å². The molecule has 6 nitrogen and oxygen atoms in total. The van der Waals surface area contributed by atoms with Crippen molar-refractivity contribution in [1.82, 2.24) is 19.8 Å². The van der Waals surface area contributed by atoms with Crippen LogP contribution in [0.15, 0.2) is 36.4 Å². The molecule has 34 heavy (non-hydrogen) atoms. The fourth-order valence-corrected chi connectivity index (χ4v) is 5.43. The van der Waals surface area contributed by atoms with Crippen LogP contribution in [-0.4, -0.2) is 78.3 Å². The number of H-pyrrole nitrogens is 1. The summed E-state index contributed by atoms with van der Waals surface area (Å²) in [5.41, 5.74) is 7.41. The number of hydrogen-bond acceptors (Lipinski definition) is 5. The second kappa shape index (κ2) is 9.33. The van der Waals surface area contributed by atoms with E-state index in [0.29, 0.717) is 12.0 Å². The Kier molecular flexibility index (Phi) is 6.06. The van der Waals surface area contributed by atoms with Crippen molar-refractivity contribution in [2.45, 2.75) is 45.2 Å². The quantitative estimate of drug-likeness (QED) is 0.589. The first-order valence-electron chi connectivity index (χ1n) is 13.1. The molecule has 1 N–H and O–H groups in total. The van der Waals surface area contributed by atoms with E-state index in [9.17, 15) is 0 Å². The third-order valence-electron chi connectivity index (χ3n) is 7.74. The van der Waals surface area contributed by atoms with Gasteiger partial charge in [-0.05, 0) is 51.0 Å². The predicted octanol–water partition coefficient (Wildman–Crippen LogP) is 4.47. The number of rotatable bonds is 6. The van der Waals surface area contributed by atoms with Gasteiger partial charge in [-0.25, -0.2) is 0 Å². The molecule has 2 saturated heterocycles. The van der Waals surface area contributed by atoms with E-state index in [1.807, 2.05) is 0 Å². The minimum Gasteiger partial charge on any atom is -0.379 e. The lowest BCUT2D eigenvalue weighted by Crippen LogP contribution is -2.48. The Labute approximate surface area is 202 Å². The Bertz CT molecular complexity index is 1120. The molecule has 1 aliphatic carbocycles. The molecule has 4 heterocycles. The lowest BCUT2D eigenvalue weighted by molar-refractivity contribution is 0.0337. The van der Waals surface area contributed by atoms with Gasteiger partial charge in [-0.3, -0.25) is 14.8 Å². The normalized spacial score (nSPS) is 20.5. The molecular weight excluding hydrogens is 422 g/mol. The zero-order valence-corrected chi connectivity index (χ0v) is 20.6. The summed E-state index contributed by atoms with van der Waals surface area (Å²) in [6, 6.07) is 14.4. The lowest BCUT2D eigenvalue weighted by Gasteiger charge is -2.38. The number of ether oxygens (including phenoxy) is 1. The molecule has 3 aromatic rings. The van der Waals surface area contributed by atoms with E-state index < -0.39 is 0 Å². The molecule has 0 unspecified atom stereocenters. The van der Waals surface area contributed by atoms with Crippen molar-refractivity contribution in [3.63, 3.8) is 0 Å². The maximum Gasteiger partial charge on any atom is 0.0799 e. The van der Waals surface area contributed by atoms with Crippen LogP contribution >= 0.6 is 0 Å².